The maximum absolute atomic E-state index is 13.6. The van der Waals surface area contributed by atoms with Gasteiger partial charge in [0.2, 0.25) is 0 Å². The number of aliphatic hydroxyl groups excluding tert-OH is 2. The van der Waals surface area contributed by atoms with E-state index in [0.717, 1.165) is 11.1 Å². The van der Waals surface area contributed by atoms with E-state index >= 15 is 0 Å². The highest BCUT2D eigenvalue weighted by Gasteiger charge is 2.41. The second kappa shape index (κ2) is 9.22. The number of hydrogen-bond donors (Lipinski definition) is 2. The molecule has 0 atom stereocenters. The fraction of sp³-hybridized carbons (Fsp3) is 0.435. The van der Waals surface area contributed by atoms with E-state index in [4.69, 9.17) is 19.7 Å². The van der Waals surface area contributed by atoms with Crippen molar-refractivity contribution >= 4 is 5.78 Å². The summed E-state index contributed by atoms with van der Waals surface area (Å²) in [5, 5.41) is 17.9. The van der Waals surface area contributed by atoms with Gasteiger partial charge in [0.25, 0.3) is 0 Å². The van der Waals surface area contributed by atoms with Crippen molar-refractivity contribution in [3.05, 3.63) is 59.7 Å². The number of ether oxygens (including phenoxy) is 2. The van der Waals surface area contributed by atoms with Crippen molar-refractivity contribution in [2.75, 3.05) is 26.4 Å². The summed E-state index contributed by atoms with van der Waals surface area (Å²) < 4.78 is 11.0. The topological polar surface area (TPSA) is 76.0 Å². The summed E-state index contributed by atoms with van der Waals surface area (Å²) >= 11 is 0. The first kappa shape index (κ1) is 21.9. The molecule has 2 rings (SSSR count). The molecule has 2 aromatic carbocycles. The molecule has 0 saturated carbocycles. The molecular formula is C23H30O5. The summed E-state index contributed by atoms with van der Waals surface area (Å²) in [6.45, 7) is 7.95. The molecule has 0 aliphatic rings. The molecule has 0 amide bonds. The molecule has 0 spiro atoms. The van der Waals surface area contributed by atoms with Crippen LogP contribution in [0.15, 0.2) is 48.5 Å². The van der Waals surface area contributed by atoms with E-state index < -0.39 is 10.8 Å². The molecule has 0 aromatic heterocycles. The second-order valence-electron chi connectivity index (χ2n) is 7.78. The van der Waals surface area contributed by atoms with Gasteiger partial charge < -0.3 is 19.7 Å². The Bertz CT molecular complexity index is 730. The molecule has 152 valence electrons. The van der Waals surface area contributed by atoms with Crippen LogP contribution < -0.4 is 9.47 Å². The van der Waals surface area contributed by atoms with Crippen molar-refractivity contribution in [1.82, 2.24) is 0 Å². The monoisotopic (exact) mass is 386 g/mol. The minimum atomic E-state index is -0.746. The van der Waals surface area contributed by atoms with E-state index in [1.807, 2.05) is 76.2 Å². The number of rotatable bonds is 10. The van der Waals surface area contributed by atoms with E-state index in [9.17, 15) is 4.79 Å². The van der Waals surface area contributed by atoms with E-state index in [1.165, 1.54) is 0 Å². The van der Waals surface area contributed by atoms with Crippen LogP contribution in [0.1, 0.15) is 38.8 Å². The number of carbonyl (C=O) groups is 1. The molecule has 0 bridgehead atoms. The Balaban J connectivity index is 2.31. The number of aliphatic hydroxyl groups is 2. The Kier molecular flexibility index (Phi) is 7.22. The van der Waals surface area contributed by atoms with Crippen molar-refractivity contribution in [1.29, 1.82) is 0 Å². The number of ketones is 1. The average Bonchev–Trinajstić information content (AvgIpc) is 2.70. The summed E-state index contributed by atoms with van der Waals surface area (Å²) in [6, 6.07) is 14.9. The molecule has 0 aliphatic carbocycles. The van der Waals surface area contributed by atoms with Gasteiger partial charge in [-0.25, -0.2) is 0 Å². The van der Waals surface area contributed by atoms with Crippen LogP contribution in [0.5, 0.6) is 11.5 Å². The van der Waals surface area contributed by atoms with Gasteiger partial charge in [0.1, 0.15) is 24.7 Å². The number of benzene rings is 2. The molecule has 5 nitrogen and oxygen atoms in total. The Morgan fingerprint density at radius 1 is 0.786 bits per heavy atom. The van der Waals surface area contributed by atoms with Gasteiger partial charge in [-0.2, -0.15) is 0 Å². The maximum Gasteiger partial charge on any atom is 0.152 e. The second-order valence-corrected chi connectivity index (χ2v) is 7.78. The molecule has 0 radical (unpaired) electrons. The number of Topliss-reactive ketones (excluding diaryl/α,β-unsaturated/α-hetero) is 1. The molecule has 0 heterocycles. The fourth-order valence-corrected chi connectivity index (χ4v) is 3.32. The highest BCUT2D eigenvalue weighted by Crippen LogP contribution is 2.37. The van der Waals surface area contributed by atoms with Crippen LogP contribution >= 0.6 is 0 Å². The molecule has 0 saturated heterocycles. The normalized spacial score (nSPS) is 11.9. The van der Waals surface area contributed by atoms with Gasteiger partial charge in [0.15, 0.2) is 5.78 Å². The minimum Gasteiger partial charge on any atom is -0.491 e. The first-order chi connectivity index (χ1) is 13.2. The van der Waals surface area contributed by atoms with Gasteiger partial charge in [0, 0.05) is 10.8 Å². The molecule has 0 unspecified atom stereocenters. The van der Waals surface area contributed by atoms with Crippen LogP contribution in [0, 0.1) is 0 Å². The zero-order valence-corrected chi connectivity index (χ0v) is 17.1. The summed E-state index contributed by atoms with van der Waals surface area (Å²) in [5.41, 5.74) is 0.219. The lowest BCUT2D eigenvalue weighted by atomic mass is 9.67. The third-order valence-corrected chi connectivity index (χ3v) is 4.97. The van der Waals surface area contributed by atoms with E-state index in [1.54, 1.807) is 0 Å². The predicted molar refractivity (Wildman–Crippen MR) is 109 cm³/mol. The van der Waals surface area contributed by atoms with Gasteiger partial charge in [-0.05, 0) is 63.1 Å². The van der Waals surface area contributed by atoms with Gasteiger partial charge in [-0.3, -0.25) is 4.79 Å². The molecule has 5 heteroatoms. The number of carbonyl (C=O) groups excluding carboxylic acids is 1. The van der Waals surface area contributed by atoms with Crippen molar-refractivity contribution in [2.24, 2.45) is 0 Å². The van der Waals surface area contributed by atoms with Crippen LogP contribution in [0.2, 0.25) is 0 Å². The third kappa shape index (κ3) is 4.91. The fourth-order valence-electron chi connectivity index (χ4n) is 3.32. The standard InChI is InChI=1S/C23H30O5/c1-22(2,17-7-5-9-19(15-17)27-13-11-24)21(26)23(3,4)18-8-6-10-20(16-18)28-14-12-25/h5-10,15-16,24-25H,11-14H2,1-4H3. The van der Waals surface area contributed by atoms with Crippen LogP contribution in [-0.2, 0) is 15.6 Å². The van der Waals surface area contributed by atoms with Crippen LogP contribution in [0.25, 0.3) is 0 Å². The Morgan fingerprint density at radius 3 is 1.54 bits per heavy atom. The lowest BCUT2D eigenvalue weighted by molar-refractivity contribution is -0.128. The average molecular weight is 386 g/mol. The van der Waals surface area contributed by atoms with Gasteiger partial charge in [-0.1, -0.05) is 24.3 Å². The molecule has 0 aliphatic heterocycles. The number of hydrogen-bond acceptors (Lipinski definition) is 5. The first-order valence-corrected chi connectivity index (χ1v) is 9.46. The Labute approximate surface area is 166 Å². The van der Waals surface area contributed by atoms with Gasteiger partial charge in [0.05, 0.1) is 13.2 Å². The zero-order chi connectivity index (χ0) is 20.8. The highest BCUT2D eigenvalue weighted by molar-refractivity contribution is 5.97. The van der Waals surface area contributed by atoms with E-state index in [-0.39, 0.29) is 32.2 Å². The molecule has 0 fully saturated rings. The van der Waals surface area contributed by atoms with E-state index in [2.05, 4.69) is 0 Å². The first-order valence-electron chi connectivity index (χ1n) is 9.46. The van der Waals surface area contributed by atoms with Crippen molar-refractivity contribution in [2.45, 2.75) is 38.5 Å². The minimum absolute atomic E-state index is 0.0612. The highest BCUT2D eigenvalue weighted by atomic mass is 16.5. The van der Waals surface area contributed by atoms with Crippen molar-refractivity contribution in [3.63, 3.8) is 0 Å². The Morgan fingerprint density at radius 2 is 1.18 bits per heavy atom. The predicted octanol–water partition coefficient (Wildman–Crippen LogP) is 3.25. The van der Waals surface area contributed by atoms with Crippen molar-refractivity contribution < 1.29 is 24.5 Å². The van der Waals surface area contributed by atoms with Gasteiger partial charge in [-0.15, -0.1) is 0 Å². The van der Waals surface area contributed by atoms with E-state index in [0.29, 0.717) is 11.5 Å². The lowest BCUT2D eigenvalue weighted by Crippen LogP contribution is -2.42. The summed E-state index contributed by atoms with van der Waals surface area (Å²) in [5.74, 6) is 1.33. The molecule has 28 heavy (non-hydrogen) atoms. The molecule has 2 N–H and O–H groups in total. The lowest BCUT2D eigenvalue weighted by Gasteiger charge is -2.34. The summed E-state index contributed by atoms with van der Waals surface area (Å²) in [7, 11) is 0. The third-order valence-electron chi connectivity index (χ3n) is 4.97. The zero-order valence-electron chi connectivity index (χ0n) is 17.1. The van der Waals surface area contributed by atoms with Crippen molar-refractivity contribution in [3.8, 4) is 11.5 Å². The van der Waals surface area contributed by atoms with Crippen LogP contribution in [0.3, 0.4) is 0 Å². The van der Waals surface area contributed by atoms with Crippen LogP contribution in [0.4, 0.5) is 0 Å². The molecular weight excluding hydrogens is 356 g/mol. The SMILES string of the molecule is CC(C)(C(=O)C(C)(C)c1cccc(OCCO)c1)c1cccc(OCCO)c1. The maximum atomic E-state index is 13.6. The smallest absolute Gasteiger partial charge is 0.152 e. The Hall–Kier alpha value is -2.37. The quantitative estimate of drug-likeness (QED) is 0.656. The van der Waals surface area contributed by atoms with Crippen LogP contribution in [-0.4, -0.2) is 42.4 Å². The summed E-state index contributed by atoms with van der Waals surface area (Å²) in [4.78, 5) is 13.6. The van der Waals surface area contributed by atoms with Gasteiger partial charge >= 0.3 is 0 Å². The largest absolute Gasteiger partial charge is 0.491 e. The molecule has 2 aromatic rings. The summed E-state index contributed by atoms with van der Waals surface area (Å²) in [6.07, 6.45) is 0.